The third-order valence-electron chi connectivity index (χ3n) is 10.8. The molecule has 1 heteroatoms. The predicted molar refractivity (Wildman–Crippen MR) is 128 cm³/mol. The first-order valence-electron chi connectivity index (χ1n) is 13.3. The zero-order chi connectivity index (χ0) is 21.7. The van der Waals surface area contributed by atoms with Crippen LogP contribution in [0.4, 0.5) is 0 Å². The molecule has 0 amide bonds. The van der Waals surface area contributed by atoms with E-state index in [0.29, 0.717) is 16.7 Å². The first kappa shape index (κ1) is 22.6. The summed E-state index contributed by atoms with van der Waals surface area (Å²) in [6, 6.07) is 0. The zero-order valence-electron chi connectivity index (χ0n) is 20.7. The number of fused-ring (bicyclic) bond motifs is 5. The Hall–Kier alpha value is -0.560. The predicted octanol–water partition coefficient (Wildman–Crippen LogP) is 7.80. The van der Waals surface area contributed by atoms with Crippen molar-refractivity contribution in [2.45, 2.75) is 105 Å². The highest BCUT2D eigenvalue weighted by Gasteiger charge is 2.58. The van der Waals surface area contributed by atoms with E-state index in [9.17, 15) is 5.11 Å². The quantitative estimate of drug-likeness (QED) is 0.457. The van der Waals surface area contributed by atoms with Crippen LogP contribution in [0.5, 0.6) is 0 Å². The maximum Gasteiger partial charge on any atom is 0.0577 e. The molecule has 9 atom stereocenters. The van der Waals surface area contributed by atoms with E-state index < -0.39 is 0 Å². The molecule has 0 spiro atoms. The summed E-state index contributed by atoms with van der Waals surface area (Å²) in [7, 11) is 0. The van der Waals surface area contributed by atoms with E-state index in [1.165, 1.54) is 44.9 Å². The summed E-state index contributed by atoms with van der Waals surface area (Å²) in [5, 5.41) is 10.2. The highest BCUT2D eigenvalue weighted by molar-refractivity contribution is 5.25. The number of hydrogen-bond donors (Lipinski definition) is 1. The molecule has 1 nitrogen and oxygen atoms in total. The lowest BCUT2D eigenvalue weighted by Crippen LogP contribution is -2.50. The van der Waals surface area contributed by atoms with Gasteiger partial charge in [0.05, 0.1) is 6.10 Å². The topological polar surface area (TPSA) is 20.2 Å². The van der Waals surface area contributed by atoms with E-state index in [4.69, 9.17) is 0 Å². The molecule has 4 unspecified atom stereocenters. The summed E-state index contributed by atoms with van der Waals surface area (Å²) in [5.74, 6) is 5.70. The molecule has 0 radical (unpaired) electrons. The van der Waals surface area contributed by atoms with Crippen molar-refractivity contribution >= 4 is 0 Å². The first-order valence-corrected chi connectivity index (χ1v) is 13.3. The van der Waals surface area contributed by atoms with Crippen LogP contribution in [0.25, 0.3) is 0 Å². The van der Waals surface area contributed by atoms with Crippen LogP contribution in [0.15, 0.2) is 23.8 Å². The van der Waals surface area contributed by atoms with Crippen molar-refractivity contribution in [3.8, 4) is 0 Å². The van der Waals surface area contributed by atoms with Gasteiger partial charge in [0, 0.05) is 0 Å². The summed E-state index contributed by atoms with van der Waals surface area (Å²) >= 11 is 0. The van der Waals surface area contributed by atoms with Gasteiger partial charge in [-0.2, -0.15) is 0 Å². The van der Waals surface area contributed by atoms with Crippen LogP contribution in [0.2, 0.25) is 0 Å². The van der Waals surface area contributed by atoms with E-state index in [2.05, 4.69) is 59.8 Å². The fourth-order valence-electron chi connectivity index (χ4n) is 8.83. The Morgan fingerprint density at radius 1 is 1.03 bits per heavy atom. The van der Waals surface area contributed by atoms with Crippen LogP contribution in [0, 0.1) is 52.3 Å². The SMILES string of the molecule is CC[C@H](/C=C/[C@@H](C)C1CCC2C3CC=C4C[C@@H](O)CC[C@]4(C)C3CC[C@@]21C)C(C)C. The number of hydrogen-bond acceptors (Lipinski definition) is 1. The van der Waals surface area contributed by atoms with Crippen molar-refractivity contribution < 1.29 is 5.11 Å². The minimum atomic E-state index is -0.0870. The van der Waals surface area contributed by atoms with Crippen molar-refractivity contribution in [2.75, 3.05) is 0 Å². The summed E-state index contributed by atoms with van der Waals surface area (Å²) in [4.78, 5) is 0. The Morgan fingerprint density at radius 2 is 1.80 bits per heavy atom. The normalized spacial score (nSPS) is 45.6. The molecular weight excluding hydrogens is 364 g/mol. The van der Waals surface area contributed by atoms with E-state index in [1.807, 2.05) is 0 Å². The molecule has 4 rings (SSSR count). The van der Waals surface area contributed by atoms with Gasteiger partial charge in [0.2, 0.25) is 0 Å². The van der Waals surface area contributed by atoms with Gasteiger partial charge in [0.25, 0.3) is 0 Å². The first-order chi connectivity index (χ1) is 14.2. The lowest BCUT2D eigenvalue weighted by Gasteiger charge is -2.58. The Morgan fingerprint density at radius 3 is 2.50 bits per heavy atom. The molecule has 0 aliphatic heterocycles. The maximum absolute atomic E-state index is 10.2. The number of aliphatic hydroxyl groups is 1. The molecular formula is C29H48O. The van der Waals surface area contributed by atoms with Gasteiger partial charge in [-0.25, -0.2) is 0 Å². The van der Waals surface area contributed by atoms with E-state index >= 15 is 0 Å². The Kier molecular flexibility index (Phi) is 6.35. The maximum atomic E-state index is 10.2. The second-order valence-corrected chi connectivity index (χ2v) is 12.4. The minimum Gasteiger partial charge on any atom is -0.393 e. The average Bonchev–Trinajstić information content (AvgIpc) is 3.06. The summed E-state index contributed by atoms with van der Waals surface area (Å²) in [6.07, 6.45) is 19.1. The van der Waals surface area contributed by atoms with Crippen molar-refractivity contribution in [3.63, 3.8) is 0 Å². The average molecular weight is 413 g/mol. The van der Waals surface area contributed by atoms with Crippen molar-refractivity contribution in [2.24, 2.45) is 52.3 Å². The van der Waals surface area contributed by atoms with Gasteiger partial charge in [-0.1, -0.05) is 65.3 Å². The number of allylic oxidation sites excluding steroid dienone is 3. The number of aliphatic hydroxyl groups excluding tert-OH is 1. The molecule has 0 saturated heterocycles. The van der Waals surface area contributed by atoms with Crippen LogP contribution < -0.4 is 0 Å². The van der Waals surface area contributed by atoms with Crippen molar-refractivity contribution in [1.82, 2.24) is 0 Å². The molecule has 0 aromatic carbocycles. The second-order valence-electron chi connectivity index (χ2n) is 12.4. The van der Waals surface area contributed by atoms with Gasteiger partial charge in [-0.15, -0.1) is 0 Å². The molecule has 0 bridgehead atoms. The molecule has 0 aromatic rings. The van der Waals surface area contributed by atoms with Gasteiger partial charge < -0.3 is 5.11 Å². The van der Waals surface area contributed by atoms with Crippen LogP contribution in [0.1, 0.15) is 99.3 Å². The van der Waals surface area contributed by atoms with Crippen molar-refractivity contribution in [3.05, 3.63) is 23.8 Å². The summed E-state index contributed by atoms with van der Waals surface area (Å²) < 4.78 is 0. The van der Waals surface area contributed by atoms with E-state index in [1.54, 1.807) is 5.57 Å². The smallest absolute Gasteiger partial charge is 0.0577 e. The van der Waals surface area contributed by atoms with Gasteiger partial charge in [0.1, 0.15) is 0 Å². The minimum absolute atomic E-state index is 0.0870. The molecule has 0 aromatic heterocycles. The van der Waals surface area contributed by atoms with Crippen LogP contribution in [-0.2, 0) is 0 Å². The van der Waals surface area contributed by atoms with Crippen molar-refractivity contribution in [1.29, 1.82) is 0 Å². The highest BCUT2D eigenvalue weighted by atomic mass is 16.3. The Bertz CT molecular complexity index is 674. The molecule has 3 fully saturated rings. The molecule has 4 aliphatic rings. The Balaban J connectivity index is 1.52. The van der Waals surface area contributed by atoms with Gasteiger partial charge in [-0.05, 0) is 110 Å². The number of rotatable bonds is 5. The molecule has 3 saturated carbocycles. The van der Waals surface area contributed by atoms with E-state index in [0.717, 1.165) is 48.3 Å². The molecule has 1 N–H and O–H groups in total. The standard InChI is InChI=1S/C29H48O/c1-7-21(19(2)3)9-8-20(4)25-12-13-26-24-11-10-22-18-23(30)14-16-28(22,5)27(24)15-17-29(25,26)6/h8-10,19-21,23-27,30H,7,11-18H2,1-6H3/b9-8+/t20-,21-,23+,24?,25?,26?,27?,28+,29-/m1/s1. The third kappa shape index (κ3) is 3.66. The lowest BCUT2D eigenvalue weighted by molar-refractivity contribution is -0.0540. The van der Waals surface area contributed by atoms with E-state index in [-0.39, 0.29) is 6.10 Å². The second kappa shape index (κ2) is 8.42. The zero-order valence-corrected chi connectivity index (χ0v) is 20.7. The van der Waals surface area contributed by atoms with Gasteiger partial charge >= 0.3 is 0 Å². The molecule has 0 heterocycles. The Labute approximate surface area is 186 Å². The summed E-state index contributed by atoms with van der Waals surface area (Å²) in [6.45, 7) is 14.8. The highest BCUT2D eigenvalue weighted by Crippen LogP contribution is 2.67. The fourth-order valence-corrected chi connectivity index (χ4v) is 8.83. The molecule has 4 aliphatic carbocycles. The van der Waals surface area contributed by atoms with Crippen LogP contribution >= 0.6 is 0 Å². The van der Waals surface area contributed by atoms with Crippen LogP contribution in [-0.4, -0.2) is 11.2 Å². The molecule has 170 valence electrons. The monoisotopic (exact) mass is 412 g/mol. The fraction of sp³-hybridized carbons (Fsp3) is 0.862. The lowest BCUT2D eigenvalue weighted by atomic mass is 9.47. The van der Waals surface area contributed by atoms with Gasteiger partial charge in [-0.3, -0.25) is 0 Å². The van der Waals surface area contributed by atoms with Crippen LogP contribution in [0.3, 0.4) is 0 Å². The molecule has 30 heavy (non-hydrogen) atoms. The third-order valence-corrected chi connectivity index (χ3v) is 10.8. The largest absolute Gasteiger partial charge is 0.393 e. The van der Waals surface area contributed by atoms with Gasteiger partial charge in [0.15, 0.2) is 0 Å². The summed E-state index contributed by atoms with van der Waals surface area (Å²) in [5.41, 5.74) is 2.51.